The molecule has 1 N–H and O–H groups in total. The summed E-state index contributed by atoms with van der Waals surface area (Å²) in [5.41, 5.74) is 0.0426. The Balaban J connectivity index is 1.71. The number of carbonyl (C=O) groups excluding carboxylic acids is 1. The summed E-state index contributed by atoms with van der Waals surface area (Å²) in [6.45, 7) is 5.60. The third-order valence-corrected chi connectivity index (χ3v) is 5.24. The number of rotatable bonds is 1. The quantitative estimate of drug-likeness (QED) is 0.729. The minimum absolute atomic E-state index is 0.179. The molecule has 3 heteroatoms. The van der Waals surface area contributed by atoms with Gasteiger partial charge in [-0.25, -0.2) is 0 Å². The van der Waals surface area contributed by atoms with E-state index in [9.17, 15) is 9.90 Å². The van der Waals surface area contributed by atoms with Gasteiger partial charge in [0.05, 0.1) is 11.5 Å². The van der Waals surface area contributed by atoms with E-state index in [1.807, 2.05) is 20.8 Å². The number of carbonyl (C=O) groups is 1. The first-order chi connectivity index (χ1) is 8.32. The molecule has 102 valence electrons. The Morgan fingerprint density at radius 3 is 2.50 bits per heavy atom. The van der Waals surface area contributed by atoms with E-state index < -0.39 is 11.5 Å². The second-order valence-electron chi connectivity index (χ2n) is 7.68. The molecular weight excluding hydrogens is 228 g/mol. The van der Waals surface area contributed by atoms with Crippen molar-refractivity contribution in [1.82, 2.24) is 0 Å². The summed E-state index contributed by atoms with van der Waals surface area (Å²) in [5.74, 6) is 0.899. The Morgan fingerprint density at radius 2 is 1.94 bits per heavy atom. The molecule has 3 aliphatic rings. The molecule has 1 spiro atoms. The van der Waals surface area contributed by atoms with Crippen LogP contribution in [0.2, 0.25) is 0 Å². The van der Waals surface area contributed by atoms with Crippen LogP contribution in [0.4, 0.5) is 0 Å². The van der Waals surface area contributed by atoms with Gasteiger partial charge < -0.3 is 9.84 Å². The van der Waals surface area contributed by atoms with Gasteiger partial charge in [-0.15, -0.1) is 0 Å². The van der Waals surface area contributed by atoms with Crippen LogP contribution in [0.25, 0.3) is 0 Å². The maximum Gasteiger partial charge on any atom is 0.311 e. The lowest BCUT2D eigenvalue weighted by Gasteiger charge is -2.34. The maximum atomic E-state index is 12.0. The Bertz CT molecular complexity index is 364. The van der Waals surface area contributed by atoms with Gasteiger partial charge in [0.25, 0.3) is 0 Å². The van der Waals surface area contributed by atoms with Gasteiger partial charge in [0.2, 0.25) is 0 Å². The summed E-state index contributed by atoms with van der Waals surface area (Å²) in [4.78, 5) is 12.0. The van der Waals surface area contributed by atoms with Crippen molar-refractivity contribution in [2.24, 2.45) is 22.7 Å². The highest BCUT2D eigenvalue weighted by molar-refractivity contribution is 5.75. The van der Waals surface area contributed by atoms with Crippen LogP contribution >= 0.6 is 0 Å². The molecule has 3 fully saturated rings. The molecule has 0 heterocycles. The van der Waals surface area contributed by atoms with E-state index in [-0.39, 0.29) is 12.1 Å². The summed E-state index contributed by atoms with van der Waals surface area (Å²) in [6, 6.07) is 0. The van der Waals surface area contributed by atoms with E-state index >= 15 is 0 Å². The van der Waals surface area contributed by atoms with Crippen LogP contribution in [0.3, 0.4) is 0 Å². The standard InChI is InChI=1S/C15H24O3/c1-14(2,3)13(17)18-12-9-6-10(7-11(12)16)15(8-9)4-5-15/h9-12,16H,4-8H2,1-3H3/t9-,10-,11+,12+/m1/s1. The Hall–Kier alpha value is -0.570. The van der Waals surface area contributed by atoms with Gasteiger partial charge in [0, 0.05) is 0 Å². The van der Waals surface area contributed by atoms with Gasteiger partial charge in [-0.1, -0.05) is 0 Å². The number of esters is 1. The molecule has 0 radical (unpaired) electrons. The van der Waals surface area contributed by atoms with Crippen molar-refractivity contribution in [2.75, 3.05) is 0 Å². The predicted octanol–water partition coefficient (Wildman–Crippen LogP) is 2.52. The molecule has 2 bridgehead atoms. The van der Waals surface area contributed by atoms with E-state index in [0.29, 0.717) is 17.3 Å². The maximum absolute atomic E-state index is 12.0. The van der Waals surface area contributed by atoms with E-state index in [1.165, 1.54) is 12.8 Å². The predicted molar refractivity (Wildman–Crippen MR) is 67.8 cm³/mol. The molecule has 3 aliphatic carbocycles. The summed E-state index contributed by atoms with van der Waals surface area (Å²) in [6.07, 6.45) is 5.09. The number of fused-ring (bicyclic) bond motifs is 3. The average Bonchev–Trinajstić information content (AvgIpc) is 2.94. The number of ether oxygens (including phenoxy) is 1. The van der Waals surface area contributed by atoms with Gasteiger partial charge in [0.1, 0.15) is 6.10 Å². The van der Waals surface area contributed by atoms with Crippen molar-refractivity contribution in [2.45, 2.75) is 65.1 Å². The Labute approximate surface area is 109 Å². The van der Waals surface area contributed by atoms with Crippen LogP contribution in [-0.4, -0.2) is 23.3 Å². The molecule has 18 heavy (non-hydrogen) atoms. The summed E-state index contributed by atoms with van der Waals surface area (Å²) < 4.78 is 5.63. The monoisotopic (exact) mass is 252 g/mol. The third kappa shape index (κ3) is 1.87. The van der Waals surface area contributed by atoms with E-state index in [1.54, 1.807) is 0 Å². The lowest BCUT2D eigenvalue weighted by molar-refractivity contribution is -0.171. The first-order valence-electron chi connectivity index (χ1n) is 7.21. The van der Waals surface area contributed by atoms with Crippen LogP contribution in [0.5, 0.6) is 0 Å². The summed E-state index contributed by atoms with van der Waals surface area (Å²) >= 11 is 0. The third-order valence-electron chi connectivity index (χ3n) is 5.24. The SMILES string of the molecule is CC(C)(C)C(=O)O[C@H]1[C@@H]2C[C@H](C[C@@H]1O)C1(CC1)C2. The summed E-state index contributed by atoms with van der Waals surface area (Å²) in [5, 5.41) is 10.2. The van der Waals surface area contributed by atoms with Crippen LogP contribution in [0.15, 0.2) is 0 Å². The molecule has 0 aromatic carbocycles. The highest BCUT2D eigenvalue weighted by atomic mass is 16.6. The van der Waals surface area contributed by atoms with Crippen LogP contribution in [0, 0.1) is 22.7 Å². The van der Waals surface area contributed by atoms with Crippen molar-refractivity contribution in [3.8, 4) is 0 Å². The lowest BCUT2D eigenvalue weighted by atomic mass is 9.82. The Kier molecular flexibility index (Phi) is 2.58. The normalized spacial score (nSPS) is 40.9. The van der Waals surface area contributed by atoms with Crippen LogP contribution in [-0.2, 0) is 9.53 Å². The molecule has 0 amide bonds. The highest BCUT2D eigenvalue weighted by Crippen LogP contribution is 2.67. The first kappa shape index (κ1) is 12.5. The van der Waals surface area contributed by atoms with Gasteiger partial charge in [-0.3, -0.25) is 4.79 Å². The molecule has 0 aromatic heterocycles. The zero-order valence-electron chi connectivity index (χ0n) is 11.6. The topological polar surface area (TPSA) is 46.5 Å². The average molecular weight is 252 g/mol. The van der Waals surface area contributed by atoms with Crippen molar-refractivity contribution in [3.05, 3.63) is 0 Å². The van der Waals surface area contributed by atoms with Gasteiger partial charge in [-0.05, 0) is 70.1 Å². The van der Waals surface area contributed by atoms with Crippen LogP contribution in [0.1, 0.15) is 52.9 Å². The van der Waals surface area contributed by atoms with Crippen molar-refractivity contribution in [3.63, 3.8) is 0 Å². The molecule has 0 unspecified atom stereocenters. The fourth-order valence-electron chi connectivity index (χ4n) is 3.97. The molecule has 3 rings (SSSR count). The summed E-state index contributed by atoms with van der Waals surface area (Å²) in [7, 11) is 0. The molecule has 0 saturated heterocycles. The molecule has 4 atom stereocenters. The number of hydrogen-bond donors (Lipinski definition) is 1. The van der Waals surface area contributed by atoms with E-state index in [2.05, 4.69) is 0 Å². The van der Waals surface area contributed by atoms with E-state index in [4.69, 9.17) is 4.74 Å². The second kappa shape index (κ2) is 3.72. The smallest absolute Gasteiger partial charge is 0.311 e. The molecule has 3 nitrogen and oxygen atoms in total. The van der Waals surface area contributed by atoms with Crippen molar-refractivity contribution in [1.29, 1.82) is 0 Å². The fourth-order valence-corrected chi connectivity index (χ4v) is 3.97. The molecular formula is C15H24O3. The lowest BCUT2D eigenvalue weighted by Crippen LogP contribution is -2.42. The van der Waals surface area contributed by atoms with E-state index in [0.717, 1.165) is 19.3 Å². The minimum Gasteiger partial charge on any atom is -0.459 e. The highest BCUT2D eigenvalue weighted by Gasteiger charge is 2.60. The second-order valence-corrected chi connectivity index (χ2v) is 7.68. The zero-order valence-corrected chi connectivity index (χ0v) is 11.6. The Morgan fingerprint density at radius 1 is 1.28 bits per heavy atom. The molecule has 0 aliphatic heterocycles. The van der Waals surface area contributed by atoms with Crippen molar-refractivity contribution >= 4 is 5.97 Å². The fraction of sp³-hybridized carbons (Fsp3) is 0.933. The molecule has 0 aromatic rings. The number of aliphatic hydroxyl groups is 1. The molecule has 3 saturated carbocycles. The largest absolute Gasteiger partial charge is 0.459 e. The number of aliphatic hydroxyl groups excluding tert-OH is 1. The zero-order chi connectivity index (χ0) is 13.1. The first-order valence-corrected chi connectivity index (χ1v) is 7.21. The minimum atomic E-state index is -0.480. The number of hydrogen-bond acceptors (Lipinski definition) is 3. The van der Waals surface area contributed by atoms with Crippen molar-refractivity contribution < 1.29 is 14.6 Å². The van der Waals surface area contributed by atoms with Crippen LogP contribution < -0.4 is 0 Å². The van der Waals surface area contributed by atoms with Gasteiger partial charge >= 0.3 is 5.97 Å². The van der Waals surface area contributed by atoms with Gasteiger partial charge in [-0.2, -0.15) is 0 Å². The van der Waals surface area contributed by atoms with Gasteiger partial charge in [0.15, 0.2) is 0 Å².